The van der Waals surface area contributed by atoms with E-state index in [1.807, 2.05) is 0 Å². The van der Waals surface area contributed by atoms with Crippen molar-refractivity contribution in [2.45, 2.75) is 19.3 Å². The largest absolute Gasteiger partial charge is 0.310 e. The molecule has 0 fully saturated rings. The van der Waals surface area contributed by atoms with E-state index in [1.165, 1.54) is 6.07 Å². The van der Waals surface area contributed by atoms with Crippen LogP contribution in [-0.4, -0.2) is 0 Å². The van der Waals surface area contributed by atoms with Crippen molar-refractivity contribution in [3.63, 3.8) is 0 Å². The fraction of sp³-hybridized carbons (Fsp3) is 0.0588. The van der Waals surface area contributed by atoms with Gasteiger partial charge in [0.05, 0.1) is 50.0 Å². The molecule has 0 amide bonds. The summed E-state index contributed by atoms with van der Waals surface area (Å²) in [4.78, 5) is 2.16. The van der Waals surface area contributed by atoms with Crippen molar-refractivity contribution in [3.05, 3.63) is 205 Å². The summed E-state index contributed by atoms with van der Waals surface area (Å²) in [6, 6.07) is -5.27. The highest BCUT2D eigenvalue weighted by Gasteiger charge is 2.38. The molecule has 1 aliphatic carbocycles. The number of hydrogen-bond donors (Lipinski definition) is 0. The second-order valence-electron chi connectivity index (χ2n) is 12.8. The number of para-hydroxylation sites is 2. The molecule has 0 N–H and O–H groups in total. The maximum atomic E-state index is 9.49. The Balaban J connectivity index is 1.34. The lowest BCUT2D eigenvalue weighted by Gasteiger charge is -2.31. The van der Waals surface area contributed by atoms with E-state index in [4.69, 9.17) is 23.3 Å². The second kappa shape index (κ2) is 12.3. The highest BCUT2D eigenvalue weighted by Crippen LogP contribution is 2.56. The summed E-state index contributed by atoms with van der Waals surface area (Å²) >= 11 is 0. The Hall–Kier alpha value is -6.64. The third kappa shape index (κ3) is 4.94. The number of hydrogen-bond acceptors (Lipinski definition) is 2. The number of anilines is 6. The number of rotatable bonds is 6. The summed E-state index contributed by atoms with van der Waals surface area (Å²) in [6.07, 6.45) is 0. The molecule has 10 rings (SSSR count). The number of fused-ring (bicyclic) bond motifs is 7. The second-order valence-corrected chi connectivity index (χ2v) is 12.8. The average molecular weight is 703 g/mol. The van der Waals surface area contributed by atoms with Crippen LogP contribution >= 0.6 is 0 Å². The fourth-order valence-electron chi connectivity index (χ4n) is 7.24. The van der Waals surface area contributed by atoms with E-state index in [1.54, 1.807) is 56.3 Å². The lowest BCUT2D eigenvalue weighted by molar-refractivity contribution is 0.661. The van der Waals surface area contributed by atoms with E-state index < -0.39 is 195 Å². The van der Waals surface area contributed by atoms with Crippen molar-refractivity contribution < 1.29 is 32.9 Å². The fourth-order valence-corrected chi connectivity index (χ4v) is 7.24. The zero-order valence-corrected chi connectivity index (χ0v) is 28.0. The first-order chi connectivity index (χ1) is 36.0. The van der Waals surface area contributed by atoms with Gasteiger partial charge in [-0.1, -0.05) is 153 Å². The predicted octanol–water partition coefficient (Wildman–Crippen LogP) is 14.4. The van der Waals surface area contributed by atoms with Gasteiger partial charge in [-0.05, 0) is 92.9 Å². The van der Waals surface area contributed by atoms with Gasteiger partial charge in [0.1, 0.15) is 0 Å². The third-order valence-electron chi connectivity index (χ3n) is 9.59. The highest BCUT2D eigenvalue weighted by atomic mass is 15.2. The summed E-state index contributed by atoms with van der Waals surface area (Å²) in [5.74, 6) is 0. The van der Waals surface area contributed by atoms with Gasteiger partial charge in [0.2, 0.25) is 0 Å². The average Bonchev–Trinajstić information content (AvgIpc) is 3.69. The lowest BCUT2D eigenvalue weighted by atomic mass is 9.81. The van der Waals surface area contributed by atoms with Gasteiger partial charge in [0, 0.05) is 38.6 Å². The molecular formula is C51H38N2. The molecule has 1 aliphatic rings. The molecular weight excluding hydrogens is 641 g/mol. The van der Waals surface area contributed by atoms with Crippen LogP contribution in [0.25, 0.3) is 43.4 Å². The monoisotopic (exact) mass is 702 g/mol. The SMILES string of the molecule is [2H]c1c([2H])c([2H])c(N(c2ccc3c(c2)C(C)(C)c2cc(N(c4c([2H])c([2H])c([2H])c([2H])c4[2H])c4c([2H])c([2H])c([2H])c5c([2H])c([2H])c([2H])c([2H])c45)c4ccccc4c2-3)c2c([2H])c([2H])c([2H])c3c([2H])c([2H])c([2H])c([2H])c23)c([2H])c1[2H]. The van der Waals surface area contributed by atoms with Crippen LogP contribution < -0.4 is 9.80 Å². The Labute approximate surface area is 344 Å². The maximum Gasteiger partial charge on any atom is 0.0645 e. The standard InChI is InChI=1S/C51H38N2/c1-51(2)45-33-39(52(37-21-5-3-6-22-37)47-29-15-19-35-17-9-11-25-40(35)47)31-32-44(45)50-43-28-14-13-27-42(43)49(34-46(50)51)53(38-23-7-4-8-24-38)48-30-16-20-36-18-10-12-26-41(36)48/h3-34H,1-2H3/i3D,4D,5D,6D,7D,8D,9D,10D,11D,12D,15D,16D,17D,18D,19D,20D,21D,22D,23D,24D,25D,26D,29D,30D. The molecule has 0 atom stereocenters. The topological polar surface area (TPSA) is 6.48 Å². The van der Waals surface area contributed by atoms with E-state index in [0.29, 0.717) is 33.0 Å². The van der Waals surface area contributed by atoms with Crippen molar-refractivity contribution in [1.29, 1.82) is 0 Å². The minimum Gasteiger partial charge on any atom is -0.310 e. The Kier molecular flexibility index (Phi) is 3.50. The summed E-state index contributed by atoms with van der Waals surface area (Å²) < 4.78 is 214. The van der Waals surface area contributed by atoms with Crippen LogP contribution in [0.4, 0.5) is 34.1 Å². The Morgan fingerprint density at radius 1 is 0.415 bits per heavy atom. The van der Waals surface area contributed by atoms with Gasteiger partial charge in [-0.25, -0.2) is 0 Å². The van der Waals surface area contributed by atoms with Crippen molar-refractivity contribution >= 4 is 66.4 Å². The zero-order valence-electron chi connectivity index (χ0n) is 52.0. The molecule has 0 aliphatic heterocycles. The van der Waals surface area contributed by atoms with Crippen molar-refractivity contribution in [2.24, 2.45) is 0 Å². The van der Waals surface area contributed by atoms with Crippen molar-refractivity contribution in [1.82, 2.24) is 0 Å². The minimum absolute atomic E-state index is 0.0111. The van der Waals surface area contributed by atoms with Gasteiger partial charge in [-0.2, -0.15) is 0 Å². The van der Waals surface area contributed by atoms with Crippen LogP contribution in [0.1, 0.15) is 57.9 Å². The first-order valence-corrected chi connectivity index (χ1v) is 16.5. The number of nitrogens with zero attached hydrogens (tertiary/aromatic N) is 2. The highest BCUT2D eigenvalue weighted by molar-refractivity contribution is 6.12. The molecule has 0 bridgehead atoms. The first-order valence-electron chi connectivity index (χ1n) is 28.5. The van der Waals surface area contributed by atoms with Gasteiger partial charge >= 0.3 is 0 Å². The first kappa shape index (κ1) is 15.1. The van der Waals surface area contributed by atoms with Gasteiger partial charge in [0.25, 0.3) is 0 Å². The molecule has 2 heteroatoms. The summed E-state index contributed by atoms with van der Waals surface area (Å²) in [5, 5.41) is -1.05. The molecule has 9 aromatic rings. The third-order valence-corrected chi connectivity index (χ3v) is 9.59. The Morgan fingerprint density at radius 3 is 1.58 bits per heavy atom. The van der Waals surface area contributed by atoms with Gasteiger partial charge in [0.15, 0.2) is 0 Å². The van der Waals surface area contributed by atoms with E-state index in [-0.39, 0.29) is 11.4 Å². The Bertz CT molecular complexity index is 4140. The molecule has 0 saturated carbocycles. The Morgan fingerprint density at radius 2 is 0.943 bits per heavy atom. The van der Waals surface area contributed by atoms with Crippen molar-refractivity contribution in [3.8, 4) is 11.1 Å². The molecule has 0 saturated heterocycles. The van der Waals surface area contributed by atoms with Crippen LogP contribution in [-0.2, 0) is 5.41 Å². The molecule has 252 valence electrons. The lowest BCUT2D eigenvalue weighted by Crippen LogP contribution is -2.18. The van der Waals surface area contributed by atoms with Crippen LogP contribution in [0.2, 0.25) is 0 Å². The van der Waals surface area contributed by atoms with E-state index in [9.17, 15) is 9.60 Å². The van der Waals surface area contributed by atoms with Crippen LogP contribution in [0, 0.1) is 0 Å². The van der Waals surface area contributed by atoms with E-state index in [2.05, 4.69) is 0 Å². The molecule has 2 nitrogen and oxygen atoms in total. The normalized spacial score (nSPS) is 19.2. The van der Waals surface area contributed by atoms with Gasteiger partial charge < -0.3 is 9.80 Å². The minimum atomic E-state index is -1.22. The molecule has 0 radical (unpaired) electrons. The molecule has 0 spiro atoms. The van der Waals surface area contributed by atoms with Crippen LogP contribution in [0.5, 0.6) is 0 Å². The molecule has 0 unspecified atom stereocenters. The smallest absolute Gasteiger partial charge is 0.0645 e. The summed E-state index contributed by atoms with van der Waals surface area (Å²) in [5.41, 5.74) is -1.30. The molecule has 0 heterocycles. The maximum absolute atomic E-state index is 9.49. The number of benzene rings is 9. The van der Waals surface area contributed by atoms with E-state index in [0.717, 1.165) is 9.80 Å². The zero-order chi connectivity index (χ0) is 56.4. The van der Waals surface area contributed by atoms with E-state index >= 15 is 0 Å². The van der Waals surface area contributed by atoms with Gasteiger partial charge in [-0.15, -0.1) is 0 Å². The summed E-state index contributed by atoms with van der Waals surface area (Å²) in [7, 11) is 0. The predicted molar refractivity (Wildman–Crippen MR) is 226 cm³/mol. The van der Waals surface area contributed by atoms with Crippen LogP contribution in [0.3, 0.4) is 0 Å². The molecule has 53 heavy (non-hydrogen) atoms. The molecule has 0 aromatic heterocycles. The quantitative estimate of drug-likeness (QED) is 0.170. The van der Waals surface area contributed by atoms with Crippen LogP contribution in [0.15, 0.2) is 194 Å². The summed E-state index contributed by atoms with van der Waals surface area (Å²) in [6.45, 7) is 3.58. The van der Waals surface area contributed by atoms with Gasteiger partial charge in [-0.3, -0.25) is 0 Å². The molecule has 9 aromatic carbocycles. The van der Waals surface area contributed by atoms with Crippen molar-refractivity contribution in [2.75, 3.05) is 9.80 Å².